The Morgan fingerprint density at radius 3 is 2.83 bits per heavy atom. The molecule has 18 heavy (non-hydrogen) atoms. The summed E-state index contributed by atoms with van der Waals surface area (Å²) in [4.78, 5) is 13.9. The number of hydrogen-bond donors (Lipinski definition) is 1. The van der Waals surface area contributed by atoms with Crippen LogP contribution in [0.4, 0.5) is 5.69 Å². The summed E-state index contributed by atoms with van der Waals surface area (Å²) in [5, 5.41) is 7.34. The number of hydrogen-bond acceptors (Lipinski definition) is 4. The molecule has 1 N–H and O–H groups in total. The van der Waals surface area contributed by atoms with Crippen LogP contribution >= 0.6 is 0 Å². The molecule has 1 aromatic heterocycles. The minimum absolute atomic E-state index is 0.0922. The molecule has 0 spiro atoms. The second-order valence-corrected chi connectivity index (χ2v) is 4.25. The van der Waals surface area contributed by atoms with E-state index < -0.39 is 0 Å². The Balaban J connectivity index is 2.74. The monoisotopic (exact) mass is 250 g/mol. The summed E-state index contributed by atoms with van der Waals surface area (Å²) in [7, 11) is 1.94. The molecule has 0 bridgehead atoms. The lowest BCUT2D eigenvalue weighted by Gasteiger charge is -2.16. The average Bonchev–Trinajstić information content (AvgIpc) is 2.37. The molecule has 5 heteroatoms. The second-order valence-electron chi connectivity index (χ2n) is 4.25. The van der Waals surface area contributed by atoms with E-state index >= 15 is 0 Å². The molecule has 5 nitrogen and oxygen atoms in total. The van der Waals surface area contributed by atoms with Gasteiger partial charge in [-0.1, -0.05) is 13.5 Å². The first-order chi connectivity index (χ1) is 8.58. The van der Waals surface area contributed by atoms with Gasteiger partial charge < -0.3 is 10.2 Å². The van der Waals surface area contributed by atoms with E-state index in [-0.39, 0.29) is 5.56 Å². The van der Waals surface area contributed by atoms with Gasteiger partial charge >= 0.3 is 0 Å². The minimum atomic E-state index is -0.0922. The van der Waals surface area contributed by atoms with E-state index in [2.05, 4.69) is 17.0 Å². The fraction of sp³-hybridized carbons (Fsp3) is 0.538. The van der Waals surface area contributed by atoms with Gasteiger partial charge in [0.1, 0.15) is 0 Å². The van der Waals surface area contributed by atoms with Crippen LogP contribution in [0.1, 0.15) is 13.8 Å². The van der Waals surface area contributed by atoms with Crippen molar-refractivity contribution in [1.82, 2.24) is 15.1 Å². The van der Waals surface area contributed by atoms with Gasteiger partial charge in [-0.15, -0.1) is 0 Å². The maximum absolute atomic E-state index is 11.9. The number of nitrogens with zero attached hydrogens (tertiary/aromatic N) is 3. The van der Waals surface area contributed by atoms with Crippen molar-refractivity contribution in [3.8, 4) is 0 Å². The standard InChI is InChI=1S/C13H22N4O/c1-5-14-8-11(3)10-17-13(18)7-12(9-15-17)16(4)6-2/h7,9,14H,3,5-6,8,10H2,1-2,4H3. The average molecular weight is 250 g/mol. The van der Waals surface area contributed by atoms with Crippen molar-refractivity contribution in [2.24, 2.45) is 0 Å². The molecule has 0 aliphatic heterocycles. The van der Waals surface area contributed by atoms with Crippen LogP contribution in [-0.2, 0) is 6.54 Å². The van der Waals surface area contributed by atoms with Crippen LogP contribution < -0.4 is 15.8 Å². The van der Waals surface area contributed by atoms with Crippen LogP contribution in [0, 0.1) is 0 Å². The van der Waals surface area contributed by atoms with Gasteiger partial charge in [-0.05, 0) is 19.0 Å². The summed E-state index contributed by atoms with van der Waals surface area (Å²) in [5.41, 5.74) is 1.70. The summed E-state index contributed by atoms with van der Waals surface area (Å²) >= 11 is 0. The molecule has 0 amide bonds. The lowest BCUT2D eigenvalue weighted by molar-refractivity contribution is 0.609. The van der Waals surface area contributed by atoms with E-state index in [0.29, 0.717) is 13.1 Å². The first kappa shape index (κ1) is 14.4. The molecule has 0 radical (unpaired) electrons. The third-order valence-electron chi connectivity index (χ3n) is 2.77. The normalized spacial score (nSPS) is 10.4. The zero-order valence-electron chi connectivity index (χ0n) is 11.4. The third kappa shape index (κ3) is 4.00. The van der Waals surface area contributed by atoms with Crippen LogP contribution in [0.25, 0.3) is 0 Å². The summed E-state index contributed by atoms with van der Waals surface area (Å²) in [6, 6.07) is 1.61. The van der Waals surface area contributed by atoms with E-state index in [1.807, 2.05) is 25.8 Å². The maximum atomic E-state index is 11.9. The molecule has 1 heterocycles. The van der Waals surface area contributed by atoms with Gasteiger partial charge in [0.05, 0.1) is 18.4 Å². The predicted octanol–water partition coefficient (Wildman–Crippen LogP) is 0.865. The van der Waals surface area contributed by atoms with Crippen molar-refractivity contribution in [3.63, 3.8) is 0 Å². The number of rotatable bonds is 7. The van der Waals surface area contributed by atoms with Gasteiger partial charge in [0.25, 0.3) is 5.56 Å². The zero-order chi connectivity index (χ0) is 13.5. The quantitative estimate of drug-likeness (QED) is 0.729. The number of aromatic nitrogens is 2. The summed E-state index contributed by atoms with van der Waals surface area (Å²) in [5.74, 6) is 0. The molecule has 100 valence electrons. The minimum Gasteiger partial charge on any atom is -0.373 e. The number of likely N-dealkylation sites (N-methyl/N-ethyl adjacent to an activating group) is 1. The zero-order valence-corrected chi connectivity index (χ0v) is 11.4. The second kappa shape index (κ2) is 6.96. The Labute approximate surface area is 108 Å². The molecular weight excluding hydrogens is 228 g/mol. The smallest absolute Gasteiger partial charge is 0.269 e. The topological polar surface area (TPSA) is 50.2 Å². The summed E-state index contributed by atoms with van der Waals surface area (Å²) in [6.45, 7) is 10.9. The fourth-order valence-corrected chi connectivity index (χ4v) is 1.50. The number of nitrogens with one attached hydrogen (secondary N) is 1. The molecule has 1 rings (SSSR count). The van der Waals surface area contributed by atoms with Gasteiger partial charge in [-0.2, -0.15) is 5.10 Å². The molecule has 1 aromatic rings. The Morgan fingerprint density at radius 1 is 1.56 bits per heavy atom. The molecule has 0 saturated carbocycles. The van der Waals surface area contributed by atoms with Gasteiger partial charge in [0.2, 0.25) is 0 Å². The molecule has 0 saturated heterocycles. The highest BCUT2D eigenvalue weighted by atomic mass is 16.1. The first-order valence-corrected chi connectivity index (χ1v) is 6.24. The van der Waals surface area contributed by atoms with Gasteiger partial charge in [0.15, 0.2) is 0 Å². The Kier molecular flexibility index (Phi) is 5.58. The van der Waals surface area contributed by atoms with Crippen molar-refractivity contribution in [2.75, 3.05) is 31.6 Å². The molecule has 0 unspecified atom stereocenters. The van der Waals surface area contributed by atoms with Crippen LogP contribution in [0.3, 0.4) is 0 Å². The van der Waals surface area contributed by atoms with Gasteiger partial charge in [-0.3, -0.25) is 4.79 Å². The fourth-order valence-electron chi connectivity index (χ4n) is 1.50. The lowest BCUT2D eigenvalue weighted by atomic mass is 10.3. The molecule has 0 fully saturated rings. The van der Waals surface area contributed by atoms with Crippen LogP contribution in [-0.4, -0.2) is 36.5 Å². The van der Waals surface area contributed by atoms with Crippen LogP contribution in [0.15, 0.2) is 29.2 Å². The summed E-state index contributed by atoms with van der Waals surface area (Å²) < 4.78 is 1.44. The Morgan fingerprint density at radius 2 is 2.28 bits per heavy atom. The maximum Gasteiger partial charge on any atom is 0.269 e. The van der Waals surface area contributed by atoms with Crippen molar-refractivity contribution in [2.45, 2.75) is 20.4 Å². The van der Waals surface area contributed by atoms with E-state index in [4.69, 9.17) is 0 Å². The van der Waals surface area contributed by atoms with Gasteiger partial charge in [-0.25, -0.2) is 4.68 Å². The van der Waals surface area contributed by atoms with Crippen LogP contribution in [0.2, 0.25) is 0 Å². The highest BCUT2D eigenvalue weighted by Crippen LogP contribution is 2.06. The Hall–Kier alpha value is -1.62. The Bertz CT molecular complexity index is 453. The van der Waals surface area contributed by atoms with Crippen molar-refractivity contribution < 1.29 is 0 Å². The molecule has 0 aromatic carbocycles. The van der Waals surface area contributed by atoms with E-state index in [9.17, 15) is 4.79 Å². The SMILES string of the molecule is C=C(CNCC)Cn1ncc(N(C)CC)cc1=O. The van der Waals surface area contributed by atoms with Crippen molar-refractivity contribution in [1.29, 1.82) is 0 Å². The largest absolute Gasteiger partial charge is 0.373 e. The highest BCUT2D eigenvalue weighted by molar-refractivity contribution is 5.41. The molecule has 0 atom stereocenters. The van der Waals surface area contributed by atoms with E-state index in [1.165, 1.54) is 4.68 Å². The summed E-state index contributed by atoms with van der Waals surface area (Å²) in [6.07, 6.45) is 1.71. The lowest BCUT2D eigenvalue weighted by Crippen LogP contribution is -2.28. The van der Waals surface area contributed by atoms with E-state index in [0.717, 1.165) is 24.4 Å². The van der Waals surface area contributed by atoms with Crippen molar-refractivity contribution >= 4 is 5.69 Å². The van der Waals surface area contributed by atoms with E-state index in [1.54, 1.807) is 12.3 Å². The van der Waals surface area contributed by atoms with Crippen molar-refractivity contribution in [3.05, 3.63) is 34.8 Å². The molecule has 0 aliphatic carbocycles. The molecule has 0 aliphatic rings. The first-order valence-electron chi connectivity index (χ1n) is 6.24. The number of anilines is 1. The molecular formula is C13H22N4O. The predicted molar refractivity (Wildman–Crippen MR) is 75.1 cm³/mol. The third-order valence-corrected chi connectivity index (χ3v) is 2.77. The highest BCUT2D eigenvalue weighted by Gasteiger charge is 2.04. The van der Waals surface area contributed by atoms with Crippen LogP contribution in [0.5, 0.6) is 0 Å². The van der Waals surface area contributed by atoms with Gasteiger partial charge in [0, 0.05) is 26.2 Å².